The van der Waals surface area contributed by atoms with E-state index in [1.54, 1.807) is 12.1 Å². The predicted molar refractivity (Wildman–Crippen MR) is 84.3 cm³/mol. The second-order valence-electron chi connectivity index (χ2n) is 6.79. The molecule has 1 amide bonds. The lowest BCUT2D eigenvalue weighted by Gasteiger charge is -2.34. The average Bonchev–Trinajstić information content (AvgIpc) is 2.42. The molecule has 1 atom stereocenters. The van der Waals surface area contributed by atoms with Crippen LogP contribution in [0.5, 0.6) is 5.75 Å². The van der Waals surface area contributed by atoms with Gasteiger partial charge in [-0.15, -0.1) is 0 Å². The summed E-state index contributed by atoms with van der Waals surface area (Å²) in [4.78, 5) is 11.7. The van der Waals surface area contributed by atoms with E-state index < -0.39 is 5.82 Å². The first-order valence-electron chi connectivity index (χ1n) is 7.57. The smallest absolute Gasteiger partial charge is 0.277 e. The fourth-order valence-electron chi connectivity index (χ4n) is 3.08. The quantitative estimate of drug-likeness (QED) is 0.865. The summed E-state index contributed by atoms with van der Waals surface area (Å²) in [6.07, 6.45) is 2.94. The van der Waals surface area contributed by atoms with Crippen molar-refractivity contribution in [2.75, 3.05) is 6.61 Å². The molecule has 0 spiro atoms. The van der Waals surface area contributed by atoms with Gasteiger partial charge in [0.2, 0.25) is 0 Å². The van der Waals surface area contributed by atoms with Gasteiger partial charge in [-0.25, -0.2) is 9.82 Å². The van der Waals surface area contributed by atoms with E-state index in [0.717, 1.165) is 25.0 Å². The molecule has 1 N–H and O–H groups in total. The van der Waals surface area contributed by atoms with Crippen molar-refractivity contribution in [1.29, 1.82) is 0 Å². The Bertz CT molecular complexity index is 570. The lowest BCUT2D eigenvalue weighted by atomic mass is 9.72. The number of carbonyl (C=O) groups is 1. The molecule has 0 radical (unpaired) electrons. The Labute approximate surface area is 130 Å². The fourth-order valence-corrected chi connectivity index (χ4v) is 3.08. The number of nitrogens with zero attached hydrogens (tertiary/aromatic N) is 1. The van der Waals surface area contributed by atoms with Crippen molar-refractivity contribution in [3.8, 4) is 5.75 Å². The van der Waals surface area contributed by atoms with Crippen LogP contribution in [0.25, 0.3) is 0 Å². The zero-order valence-electron chi connectivity index (χ0n) is 13.4. The van der Waals surface area contributed by atoms with Gasteiger partial charge in [0.05, 0.1) is 0 Å². The molecule has 0 bridgehead atoms. The molecule has 0 saturated heterocycles. The number of amides is 1. The molecule has 0 aliphatic heterocycles. The van der Waals surface area contributed by atoms with Crippen LogP contribution in [0.1, 0.15) is 40.0 Å². The van der Waals surface area contributed by atoms with Crippen molar-refractivity contribution in [2.45, 2.75) is 40.0 Å². The zero-order valence-corrected chi connectivity index (χ0v) is 13.4. The minimum Gasteiger partial charge on any atom is -0.481 e. The van der Waals surface area contributed by atoms with Crippen LogP contribution in [0.15, 0.2) is 29.4 Å². The molecule has 4 nitrogen and oxygen atoms in total. The first-order chi connectivity index (χ1) is 10.4. The molecule has 1 fully saturated rings. The van der Waals surface area contributed by atoms with Crippen LogP contribution < -0.4 is 10.2 Å². The standard InChI is InChI=1S/C17H23FN2O2/c1-12-8-13(10-17(2,3)9-12)19-20-16(21)11-22-15-7-5-4-6-14(15)18/h4-7,12H,8-11H2,1-3H3,(H,20,21)/b19-13-/t12-/m1/s1. The number of nitrogens with one attached hydrogen (secondary N) is 1. The molecule has 22 heavy (non-hydrogen) atoms. The van der Waals surface area contributed by atoms with Crippen LogP contribution in [0, 0.1) is 17.2 Å². The molecule has 1 aliphatic carbocycles. The molecule has 0 aromatic heterocycles. The molecule has 1 aromatic carbocycles. The fraction of sp³-hybridized carbons (Fsp3) is 0.529. The lowest BCUT2D eigenvalue weighted by Crippen LogP contribution is -2.31. The van der Waals surface area contributed by atoms with Gasteiger partial charge in [0.1, 0.15) is 0 Å². The predicted octanol–water partition coefficient (Wildman–Crippen LogP) is 3.52. The van der Waals surface area contributed by atoms with Gasteiger partial charge in [-0.05, 0) is 42.7 Å². The highest BCUT2D eigenvalue weighted by atomic mass is 19.1. The molecule has 0 heterocycles. The van der Waals surface area contributed by atoms with Crippen molar-refractivity contribution >= 4 is 11.6 Å². The second kappa shape index (κ2) is 6.90. The van der Waals surface area contributed by atoms with E-state index in [-0.39, 0.29) is 23.7 Å². The van der Waals surface area contributed by atoms with Crippen LogP contribution >= 0.6 is 0 Å². The van der Waals surface area contributed by atoms with E-state index in [9.17, 15) is 9.18 Å². The molecule has 1 saturated carbocycles. The van der Waals surface area contributed by atoms with Gasteiger partial charge in [0, 0.05) is 5.71 Å². The molecule has 2 rings (SSSR count). The van der Waals surface area contributed by atoms with Gasteiger partial charge < -0.3 is 4.74 Å². The van der Waals surface area contributed by atoms with Crippen molar-refractivity contribution in [2.24, 2.45) is 16.4 Å². The summed E-state index contributed by atoms with van der Waals surface area (Å²) in [5.74, 6) is -0.233. The van der Waals surface area contributed by atoms with Crippen LogP contribution in [0.3, 0.4) is 0 Å². The van der Waals surface area contributed by atoms with Crippen LogP contribution in [0.2, 0.25) is 0 Å². The van der Waals surface area contributed by atoms with Crippen LogP contribution in [-0.4, -0.2) is 18.2 Å². The maximum Gasteiger partial charge on any atom is 0.277 e. The molecular formula is C17H23FN2O2. The van der Waals surface area contributed by atoms with Gasteiger partial charge in [0.25, 0.3) is 5.91 Å². The number of benzene rings is 1. The number of hydrazone groups is 1. The largest absolute Gasteiger partial charge is 0.481 e. The summed E-state index contributed by atoms with van der Waals surface area (Å²) in [7, 11) is 0. The number of ether oxygens (including phenoxy) is 1. The first-order valence-corrected chi connectivity index (χ1v) is 7.57. The van der Waals surface area contributed by atoms with E-state index in [1.807, 2.05) is 0 Å². The van der Waals surface area contributed by atoms with E-state index in [0.29, 0.717) is 5.92 Å². The monoisotopic (exact) mass is 306 g/mol. The number of carbonyl (C=O) groups excluding carboxylic acids is 1. The Morgan fingerprint density at radius 2 is 2.18 bits per heavy atom. The summed E-state index contributed by atoms with van der Waals surface area (Å²) in [5, 5.41) is 4.21. The number of hydrogen-bond acceptors (Lipinski definition) is 3. The SMILES string of the molecule is C[C@@H]1C/C(=N/NC(=O)COc2ccccc2F)CC(C)(C)C1. The van der Waals surface area contributed by atoms with Gasteiger partial charge in [-0.2, -0.15) is 5.10 Å². The van der Waals surface area contributed by atoms with Crippen LogP contribution in [0.4, 0.5) is 4.39 Å². The molecule has 0 unspecified atom stereocenters. The molecule has 5 heteroatoms. The summed E-state index contributed by atoms with van der Waals surface area (Å²) in [5.41, 5.74) is 3.72. The van der Waals surface area contributed by atoms with E-state index in [4.69, 9.17) is 4.74 Å². The van der Waals surface area contributed by atoms with Crippen LogP contribution in [-0.2, 0) is 4.79 Å². The second-order valence-corrected chi connectivity index (χ2v) is 6.79. The highest BCUT2D eigenvalue weighted by Gasteiger charge is 2.29. The third kappa shape index (κ3) is 4.83. The van der Waals surface area contributed by atoms with Crippen molar-refractivity contribution in [3.63, 3.8) is 0 Å². The first kappa shape index (κ1) is 16.5. The number of para-hydroxylation sites is 1. The highest BCUT2D eigenvalue weighted by molar-refractivity contribution is 5.87. The summed E-state index contributed by atoms with van der Waals surface area (Å²) in [6, 6.07) is 6.00. The minimum atomic E-state index is -0.482. The summed E-state index contributed by atoms with van der Waals surface area (Å²) in [6.45, 7) is 6.36. The minimum absolute atomic E-state index is 0.0673. The number of halogens is 1. The molecule has 1 aliphatic rings. The third-order valence-corrected chi connectivity index (χ3v) is 3.70. The Hall–Kier alpha value is -1.91. The van der Waals surface area contributed by atoms with E-state index in [2.05, 4.69) is 31.3 Å². The number of rotatable bonds is 4. The third-order valence-electron chi connectivity index (χ3n) is 3.70. The Balaban J connectivity index is 1.85. The van der Waals surface area contributed by atoms with Gasteiger partial charge in [0.15, 0.2) is 18.2 Å². The Kier molecular flexibility index (Phi) is 5.16. The maximum absolute atomic E-state index is 13.4. The highest BCUT2D eigenvalue weighted by Crippen LogP contribution is 2.36. The average molecular weight is 306 g/mol. The maximum atomic E-state index is 13.4. The summed E-state index contributed by atoms with van der Waals surface area (Å²) >= 11 is 0. The summed E-state index contributed by atoms with van der Waals surface area (Å²) < 4.78 is 18.5. The van der Waals surface area contributed by atoms with E-state index in [1.165, 1.54) is 12.1 Å². The van der Waals surface area contributed by atoms with Crippen molar-refractivity contribution in [3.05, 3.63) is 30.1 Å². The molecule has 1 aromatic rings. The topological polar surface area (TPSA) is 50.7 Å². The molecular weight excluding hydrogens is 283 g/mol. The lowest BCUT2D eigenvalue weighted by molar-refractivity contribution is -0.123. The van der Waals surface area contributed by atoms with Crippen molar-refractivity contribution < 1.29 is 13.9 Å². The number of hydrogen-bond donors (Lipinski definition) is 1. The normalized spacial score (nSPS) is 22.4. The Morgan fingerprint density at radius 3 is 2.86 bits per heavy atom. The Morgan fingerprint density at radius 1 is 1.45 bits per heavy atom. The van der Waals surface area contributed by atoms with Gasteiger partial charge in [-0.1, -0.05) is 32.9 Å². The zero-order chi connectivity index (χ0) is 16.2. The van der Waals surface area contributed by atoms with E-state index >= 15 is 0 Å². The van der Waals surface area contributed by atoms with Gasteiger partial charge >= 0.3 is 0 Å². The van der Waals surface area contributed by atoms with Gasteiger partial charge in [-0.3, -0.25) is 4.79 Å². The molecule has 120 valence electrons. The van der Waals surface area contributed by atoms with Crippen molar-refractivity contribution in [1.82, 2.24) is 5.43 Å².